The van der Waals surface area contributed by atoms with E-state index in [9.17, 15) is 0 Å². The zero-order valence-corrected chi connectivity index (χ0v) is 17.4. The summed E-state index contributed by atoms with van der Waals surface area (Å²) >= 11 is 0. The lowest BCUT2D eigenvalue weighted by molar-refractivity contribution is 0.397. The van der Waals surface area contributed by atoms with E-state index in [1.54, 1.807) is 20.4 Å². The monoisotopic (exact) mass is 454 g/mol. The van der Waals surface area contributed by atoms with Crippen molar-refractivity contribution in [1.29, 1.82) is 0 Å². The fourth-order valence-electron chi connectivity index (χ4n) is 2.39. The van der Waals surface area contributed by atoms with Gasteiger partial charge < -0.3 is 15.4 Å². The third-order valence-electron chi connectivity index (χ3n) is 3.78. The Morgan fingerprint density at radius 2 is 1.96 bits per heavy atom. The van der Waals surface area contributed by atoms with Gasteiger partial charge in [0.25, 0.3) is 0 Å². The van der Waals surface area contributed by atoms with E-state index in [2.05, 4.69) is 51.8 Å². The summed E-state index contributed by atoms with van der Waals surface area (Å²) < 4.78 is 5.14. The van der Waals surface area contributed by atoms with Crippen LogP contribution in [0.15, 0.2) is 53.7 Å². The average Bonchev–Trinajstić information content (AvgIpc) is 2.64. The third-order valence-corrected chi connectivity index (χ3v) is 3.78. The maximum atomic E-state index is 5.14. The van der Waals surface area contributed by atoms with E-state index >= 15 is 0 Å². The molecule has 1 aromatic heterocycles. The molecule has 1 aromatic carbocycles. The number of pyridine rings is 1. The number of halogens is 1. The van der Waals surface area contributed by atoms with Crippen LogP contribution in [-0.2, 0) is 13.0 Å². The standard InChI is InChI=1S/C19H26N4O.HI/c1-15(9-10-16-7-5-4-6-8-16)23-19(20-2)22-14-17-11-12-21-18(13-17)24-3;/h4-8,11-13,15H,9-10,14H2,1-3H3,(H2,20,22,23);1H. The van der Waals surface area contributed by atoms with Gasteiger partial charge in [-0.25, -0.2) is 4.98 Å². The first-order chi connectivity index (χ1) is 11.7. The minimum Gasteiger partial charge on any atom is -0.481 e. The summed E-state index contributed by atoms with van der Waals surface area (Å²) in [6, 6.07) is 14.7. The van der Waals surface area contributed by atoms with Crippen molar-refractivity contribution in [3.63, 3.8) is 0 Å². The Labute approximate surface area is 167 Å². The van der Waals surface area contributed by atoms with E-state index in [1.807, 2.05) is 18.2 Å². The summed E-state index contributed by atoms with van der Waals surface area (Å²) in [5.74, 6) is 1.42. The van der Waals surface area contributed by atoms with Crippen molar-refractivity contribution >= 4 is 29.9 Å². The van der Waals surface area contributed by atoms with Gasteiger partial charge in [-0.15, -0.1) is 24.0 Å². The highest BCUT2D eigenvalue weighted by molar-refractivity contribution is 14.0. The number of guanidine groups is 1. The Hall–Kier alpha value is -1.83. The van der Waals surface area contributed by atoms with Gasteiger partial charge in [0.15, 0.2) is 5.96 Å². The highest BCUT2D eigenvalue weighted by Gasteiger charge is 2.06. The summed E-state index contributed by atoms with van der Waals surface area (Å²) in [5, 5.41) is 6.75. The van der Waals surface area contributed by atoms with Gasteiger partial charge >= 0.3 is 0 Å². The molecule has 5 nitrogen and oxygen atoms in total. The normalized spacial score (nSPS) is 12.0. The van der Waals surface area contributed by atoms with Gasteiger partial charge in [0.05, 0.1) is 7.11 Å². The Morgan fingerprint density at radius 1 is 1.20 bits per heavy atom. The van der Waals surface area contributed by atoms with Crippen molar-refractivity contribution in [3.05, 3.63) is 59.8 Å². The molecule has 0 radical (unpaired) electrons. The lowest BCUT2D eigenvalue weighted by Crippen LogP contribution is -2.42. The number of benzene rings is 1. The number of aromatic nitrogens is 1. The molecule has 0 saturated carbocycles. The smallest absolute Gasteiger partial charge is 0.213 e. The predicted molar refractivity (Wildman–Crippen MR) is 114 cm³/mol. The molecule has 0 aliphatic heterocycles. The Balaban J connectivity index is 0.00000312. The molecule has 0 aliphatic rings. The summed E-state index contributed by atoms with van der Waals surface area (Å²) in [4.78, 5) is 8.40. The van der Waals surface area contributed by atoms with Gasteiger partial charge in [-0.05, 0) is 37.0 Å². The zero-order chi connectivity index (χ0) is 17.2. The second kappa shape index (κ2) is 11.7. The number of aliphatic imine (C=N–C) groups is 1. The quantitative estimate of drug-likeness (QED) is 0.383. The molecule has 0 fully saturated rings. The molecule has 0 saturated heterocycles. The van der Waals surface area contributed by atoms with Crippen LogP contribution in [0.4, 0.5) is 0 Å². The fraction of sp³-hybridized carbons (Fsp3) is 0.368. The summed E-state index contributed by atoms with van der Waals surface area (Å²) in [6.45, 7) is 2.84. The topological polar surface area (TPSA) is 58.5 Å². The maximum Gasteiger partial charge on any atom is 0.213 e. The lowest BCUT2D eigenvalue weighted by Gasteiger charge is -2.18. The van der Waals surface area contributed by atoms with Gasteiger partial charge in [0.2, 0.25) is 5.88 Å². The Bertz CT molecular complexity index is 649. The minimum absolute atomic E-state index is 0. The highest BCUT2D eigenvalue weighted by atomic mass is 127. The number of aryl methyl sites for hydroxylation is 1. The van der Waals surface area contributed by atoms with E-state index < -0.39 is 0 Å². The van der Waals surface area contributed by atoms with Crippen molar-refractivity contribution in [1.82, 2.24) is 15.6 Å². The molecule has 6 heteroatoms. The lowest BCUT2D eigenvalue weighted by atomic mass is 10.1. The first-order valence-electron chi connectivity index (χ1n) is 8.21. The van der Waals surface area contributed by atoms with Gasteiger partial charge in [-0.3, -0.25) is 4.99 Å². The Kier molecular flexibility index (Phi) is 9.91. The van der Waals surface area contributed by atoms with Crippen molar-refractivity contribution in [2.24, 2.45) is 4.99 Å². The molecule has 2 aromatic rings. The number of methoxy groups -OCH3 is 1. The van der Waals surface area contributed by atoms with Crippen LogP contribution in [0.3, 0.4) is 0 Å². The molecule has 0 aliphatic carbocycles. The molecule has 0 spiro atoms. The highest BCUT2D eigenvalue weighted by Crippen LogP contribution is 2.08. The SMILES string of the molecule is CN=C(NCc1ccnc(OC)c1)NC(C)CCc1ccccc1.I. The molecule has 1 atom stereocenters. The summed E-state index contributed by atoms with van der Waals surface area (Å²) in [6.07, 6.45) is 3.84. The molecule has 0 bridgehead atoms. The Morgan fingerprint density at radius 3 is 2.64 bits per heavy atom. The number of ether oxygens (including phenoxy) is 1. The van der Waals surface area contributed by atoms with E-state index in [1.165, 1.54) is 5.56 Å². The fourth-order valence-corrected chi connectivity index (χ4v) is 2.39. The van der Waals surface area contributed by atoms with Crippen LogP contribution in [0.25, 0.3) is 0 Å². The number of hydrogen-bond acceptors (Lipinski definition) is 3. The van der Waals surface area contributed by atoms with E-state index in [-0.39, 0.29) is 24.0 Å². The second-order valence-corrected chi connectivity index (χ2v) is 5.70. The van der Waals surface area contributed by atoms with E-state index in [4.69, 9.17) is 4.74 Å². The largest absolute Gasteiger partial charge is 0.481 e. The molecular weight excluding hydrogens is 427 g/mol. The van der Waals surface area contributed by atoms with Gasteiger partial charge in [0, 0.05) is 31.9 Å². The van der Waals surface area contributed by atoms with E-state index in [0.717, 1.165) is 24.4 Å². The number of rotatable bonds is 7. The first-order valence-corrected chi connectivity index (χ1v) is 8.21. The van der Waals surface area contributed by atoms with Crippen molar-refractivity contribution in [2.75, 3.05) is 14.2 Å². The zero-order valence-electron chi connectivity index (χ0n) is 15.0. The summed E-state index contributed by atoms with van der Waals surface area (Å²) in [5.41, 5.74) is 2.46. The second-order valence-electron chi connectivity index (χ2n) is 5.70. The van der Waals surface area contributed by atoms with Crippen LogP contribution < -0.4 is 15.4 Å². The molecule has 25 heavy (non-hydrogen) atoms. The molecular formula is C19H27IN4O. The third kappa shape index (κ3) is 7.72. The van der Waals surface area contributed by atoms with Gasteiger partial charge in [-0.1, -0.05) is 30.3 Å². The molecule has 0 amide bonds. The van der Waals surface area contributed by atoms with Crippen molar-refractivity contribution in [2.45, 2.75) is 32.4 Å². The minimum atomic E-state index is 0. The van der Waals surface area contributed by atoms with Crippen LogP contribution in [0.5, 0.6) is 5.88 Å². The molecule has 136 valence electrons. The van der Waals surface area contributed by atoms with Gasteiger partial charge in [-0.2, -0.15) is 0 Å². The summed E-state index contributed by atoms with van der Waals surface area (Å²) in [7, 11) is 3.40. The molecule has 1 heterocycles. The molecule has 2 rings (SSSR count). The number of hydrogen-bond donors (Lipinski definition) is 2. The number of nitrogens with zero attached hydrogens (tertiary/aromatic N) is 2. The van der Waals surface area contributed by atoms with Crippen LogP contribution in [-0.4, -0.2) is 31.1 Å². The van der Waals surface area contributed by atoms with Crippen LogP contribution in [0.2, 0.25) is 0 Å². The molecule has 1 unspecified atom stereocenters. The van der Waals surface area contributed by atoms with Crippen LogP contribution in [0, 0.1) is 0 Å². The predicted octanol–water partition coefficient (Wildman–Crippen LogP) is 3.39. The average molecular weight is 454 g/mol. The van der Waals surface area contributed by atoms with E-state index in [0.29, 0.717) is 18.5 Å². The first kappa shape index (κ1) is 21.2. The van der Waals surface area contributed by atoms with Crippen molar-refractivity contribution in [3.8, 4) is 5.88 Å². The van der Waals surface area contributed by atoms with Crippen LogP contribution >= 0.6 is 24.0 Å². The maximum absolute atomic E-state index is 5.14. The van der Waals surface area contributed by atoms with Crippen LogP contribution in [0.1, 0.15) is 24.5 Å². The van der Waals surface area contributed by atoms with Gasteiger partial charge in [0.1, 0.15) is 0 Å². The number of nitrogens with one attached hydrogen (secondary N) is 2. The van der Waals surface area contributed by atoms with Crippen molar-refractivity contribution < 1.29 is 4.74 Å². The molecule has 2 N–H and O–H groups in total.